The van der Waals surface area contributed by atoms with Crippen LogP contribution in [0.15, 0.2) is 24.3 Å². The van der Waals surface area contributed by atoms with Gasteiger partial charge in [0.15, 0.2) is 0 Å². The molecule has 0 heterocycles. The summed E-state index contributed by atoms with van der Waals surface area (Å²) < 4.78 is 0. The highest BCUT2D eigenvalue weighted by molar-refractivity contribution is 5.22. The van der Waals surface area contributed by atoms with Crippen molar-refractivity contribution in [2.45, 2.75) is 45.7 Å². The molecule has 0 saturated heterocycles. The van der Waals surface area contributed by atoms with Gasteiger partial charge in [0.05, 0.1) is 0 Å². The lowest BCUT2D eigenvalue weighted by atomic mass is 10.1. The first-order valence-electron chi connectivity index (χ1n) is 7.21. The molecule has 1 aliphatic rings. The Labute approximate surface area is 111 Å². The molecule has 2 N–H and O–H groups in total. The third-order valence-corrected chi connectivity index (χ3v) is 3.76. The number of rotatable bonds is 7. The molecule has 100 valence electrons. The molecule has 1 fully saturated rings. The molecular weight excluding hydrogens is 220 g/mol. The van der Waals surface area contributed by atoms with Gasteiger partial charge in [-0.15, -0.1) is 0 Å². The Bertz CT molecular complexity index is 352. The second-order valence-electron chi connectivity index (χ2n) is 5.82. The van der Waals surface area contributed by atoms with Gasteiger partial charge in [0, 0.05) is 19.1 Å². The molecule has 1 aromatic carbocycles. The van der Waals surface area contributed by atoms with Gasteiger partial charge >= 0.3 is 0 Å². The summed E-state index contributed by atoms with van der Waals surface area (Å²) in [5.41, 5.74) is 8.34. The van der Waals surface area contributed by atoms with Crippen molar-refractivity contribution >= 4 is 0 Å². The van der Waals surface area contributed by atoms with E-state index in [4.69, 9.17) is 5.73 Å². The van der Waals surface area contributed by atoms with E-state index in [1.54, 1.807) is 0 Å². The lowest BCUT2D eigenvalue weighted by Crippen LogP contribution is -2.32. The topological polar surface area (TPSA) is 29.3 Å². The average Bonchev–Trinajstić information content (AvgIpc) is 3.15. The Hall–Kier alpha value is -0.860. The number of nitrogens with zero attached hydrogens (tertiary/aromatic N) is 1. The molecule has 0 amide bonds. The van der Waals surface area contributed by atoms with Gasteiger partial charge in [-0.25, -0.2) is 0 Å². The molecule has 1 saturated carbocycles. The number of hydrogen-bond donors (Lipinski definition) is 1. The summed E-state index contributed by atoms with van der Waals surface area (Å²) in [5.74, 6) is 0.962. The molecule has 0 aliphatic heterocycles. The number of hydrogen-bond acceptors (Lipinski definition) is 2. The third-order valence-electron chi connectivity index (χ3n) is 3.76. The summed E-state index contributed by atoms with van der Waals surface area (Å²) in [5, 5.41) is 0. The van der Waals surface area contributed by atoms with Gasteiger partial charge in [-0.2, -0.15) is 0 Å². The van der Waals surface area contributed by atoms with E-state index in [-0.39, 0.29) is 0 Å². The van der Waals surface area contributed by atoms with Crippen molar-refractivity contribution in [3.8, 4) is 0 Å². The largest absolute Gasteiger partial charge is 0.330 e. The average molecular weight is 246 g/mol. The first kappa shape index (κ1) is 13.6. The standard InChI is InChI=1S/C16H26N2/c1-13(2)18(12-16-7-8-16)11-15-5-3-14(4-6-15)9-10-17/h3-6,13,16H,7-12,17H2,1-2H3. The predicted octanol–water partition coefficient (Wildman–Crippen LogP) is 2.81. The van der Waals surface area contributed by atoms with Crippen molar-refractivity contribution in [1.29, 1.82) is 0 Å². The van der Waals surface area contributed by atoms with Crippen molar-refractivity contribution in [2.75, 3.05) is 13.1 Å². The van der Waals surface area contributed by atoms with Crippen LogP contribution in [0.2, 0.25) is 0 Å². The summed E-state index contributed by atoms with van der Waals surface area (Å²) in [6, 6.07) is 9.59. The van der Waals surface area contributed by atoms with E-state index < -0.39 is 0 Å². The van der Waals surface area contributed by atoms with Gasteiger partial charge in [0.25, 0.3) is 0 Å². The van der Waals surface area contributed by atoms with E-state index in [1.165, 1.54) is 30.5 Å². The second kappa shape index (κ2) is 6.35. The molecule has 1 aliphatic carbocycles. The first-order chi connectivity index (χ1) is 8.69. The highest BCUT2D eigenvalue weighted by atomic mass is 15.1. The molecule has 0 atom stereocenters. The maximum atomic E-state index is 5.57. The maximum absolute atomic E-state index is 5.57. The van der Waals surface area contributed by atoms with Crippen LogP contribution in [0.25, 0.3) is 0 Å². The van der Waals surface area contributed by atoms with Gasteiger partial charge in [-0.05, 0) is 56.7 Å². The van der Waals surface area contributed by atoms with Gasteiger partial charge in [-0.1, -0.05) is 24.3 Å². The number of nitrogens with two attached hydrogens (primary N) is 1. The molecular formula is C16H26N2. The molecule has 18 heavy (non-hydrogen) atoms. The van der Waals surface area contributed by atoms with E-state index in [0.29, 0.717) is 6.04 Å². The molecule has 0 unspecified atom stereocenters. The minimum atomic E-state index is 0.634. The minimum absolute atomic E-state index is 0.634. The molecule has 1 aromatic rings. The summed E-state index contributed by atoms with van der Waals surface area (Å²) in [6.07, 6.45) is 3.84. The molecule has 2 heteroatoms. The van der Waals surface area contributed by atoms with Crippen LogP contribution in [0.3, 0.4) is 0 Å². The van der Waals surface area contributed by atoms with Crippen molar-refractivity contribution in [3.63, 3.8) is 0 Å². The zero-order chi connectivity index (χ0) is 13.0. The van der Waals surface area contributed by atoms with E-state index >= 15 is 0 Å². The fraction of sp³-hybridized carbons (Fsp3) is 0.625. The van der Waals surface area contributed by atoms with Crippen LogP contribution in [0.1, 0.15) is 37.8 Å². The molecule has 0 radical (unpaired) electrons. The van der Waals surface area contributed by atoms with Crippen LogP contribution in [-0.2, 0) is 13.0 Å². The Morgan fingerprint density at radius 3 is 2.28 bits per heavy atom. The van der Waals surface area contributed by atoms with E-state index in [0.717, 1.165) is 25.4 Å². The summed E-state index contributed by atoms with van der Waals surface area (Å²) in [4.78, 5) is 2.59. The van der Waals surface area contributed by atoms with Crippen LogP contribution >= 0.6 is 0 Å². The highest BCUT2D eigenvalue weighted by Gasteiger charge is 2.25. The van der Waals surface area contributed by atoms with Crippen LogP contribution in [0, 0.1) is 5.92 Å². The Morgan fingerprint density at radius 1 is 1.17 bits per heavy atom. The van der Waals surface area contributed by atoms with Crippen molar-refractivity contribution in [3.05, 3.63) is 35.4 Å². The zero-order valence-electron chi connectivity index (χ0n) is 11.7. The van der Waals surface area contributed by atoms with Gasteiger partial charge in [-0.3, -0.25) is 4.90 Å². The fourth-order valence-electron chi connectivity index (χ4n) is 2.30. The van der Waals surface area contributed by atoms with E-state index in [9.17, 15) is 0 Å². The first-order valence-corrected chi connectivity index (χ1v) is 7.21. The van der Waals surface area contributed by atoms with Crippen LogP contribution < -0.4 is 5.73 Å². The normalized spacial score (nSPS) is 15.6. The van der Waals surface area contributed by atoms with E-state index in [2.05, 4.69) is 43.0 Å². The van der Waals surface area contributed by atoms with Gasteiger partial charge in [0.1, 0.15) is 0 Å². The lowest BCUT2D eigenvalue weighted by Gasteiger charge is -2.26. The van der Waals surface area contributed by atoms with Crippen molar-refractivity contribution < 1.29 is 0 Å². The predicted molar refractivity (Wildman–Crippen MR) is 77.5 cm³/mol. The quantitative estimate of drug-likeness (QED) is 0.801. The second-order valence-corrected chi connectivity index (χ2v) is 5.82. The summed E-state index contributed by atoms with van der Waals surface area (Å²) >= 11 is 0. The minimum Gasteiger partial charge on any atom is -0.330 e. The van der Waals surface area contributed by atoms with Crippen LogP contribution in [-0.4, -0.2) is 24.0 Å². The Balaban J connectivity index is 1.92. The number of benzene rings is 1. The van der Waals surface area contributed by atoms with Crippen LogP contribution in [0.4, 0.5) is 0 Å². The SMILES string of the molecule is CC(C)N(Cc1ccc(CCN)cc1)CC1CC1. The maximum Gasteiger partial charge on any atom is 0.0236 e. The zero-order valence-corrected chi connectivity index (χ0v) is 11.7. The van der Waals surface area contributed by atoms with Crippen LogP contribution in [0.5, 0.6) is 0 Å². The smallest absolute Gasteiger partial charge is 0.0236 e. The van der Waals surface area contributed by atoms with Crippen molar-refractivity contribution in [1.82, 2.24) is 4.90 Å². The summed E-state index contributed by atoms with van der Waals surface area (Å²) in [7, 11) is 0. The van der Waals surface area contributed by atoms with Gasteiger partial charge < -0.3 is 5.73 Å². The Morgan fingerprint density at radius 2 is 1.78 bits per heavy atom. The van der Waals surface area contributed by atoms with Crippen molar-refractivity contribution in [2.24, 2.45) is 11.7 Å². The molecule has 0 spiro atoms. The lowest BCUT2D eigenvalue weighted by molar-refractivity contribution is 0.204. The monoisotopic (exact) mass is 246 g/mol. The third kappa shape index (κ3) is 4.11. The molecule has 2 rings (SSSR count). The molecule has 0 bridgehead atoms. The summed E-state index contributed by atoms with van der Waals surface area (Å²) in [6.45, 7) is 7.68. The Kier molecular flexibility index (Phi) is 4.79. The van der Waals surface area contributed by atoms with Gasteiger partial charge in [0.2, 0.25) is 0 Å². The fourth-order valence-corrected chi connectivity index (χ4v) is 2.30. The highest BCUT2D eigenvalue weighted by Crippen LogP contribution is 2.30. The molecule has 2 nitrogen and oxygen atoms in total. The molecule has 0 aromatic heterocycles. The van der Waals surface area contributed by atoms with E-state index in [1.807, 2.05) is 0 Å².